The monoisotopic (exact) mass is 171 g/mol. The van der Waals surface area contributed by atoms with E-state index in [0.717, 1.165) is 19.3 Å². The third-order valence-electron chi connectivity index (χ3n) is 2.77. The first-order valence-corrected chi connectivity index (χ1v) is 4.59. The van der Waals surface area contributed by atoms with Crippen molar-refractivity contribution in [3.63, 3.8) is 0 Å². The highest BCUT2D eigenvalue weighted by atomic mass is 16.4. The van der Waals surface area contributed by atoms with Gasteiger partial charge in [-0.1, -0.05) is 19.8 Å². The van der Waals surface area contributed by atoms with Gasteiger partial charge < -0.3 is 10.8 Å². The van der Waals surface area contributed by atoms with Crippen LogP contribution in [0.5, 0.6) is 0 Å². The molecule has 12 heavy (non-hydrogen) atoms. The zero-order valence-electron chi connectivity index (χ0n) is 7.49. The molecule has 70 valence electrons. The van der Waals surface area contributed by atoms with E-state index in [1.165, 1.54) is 6.42 Å². The van der Waals surface area contributed by atoms with Gasteiger partial charge >= 0.3 is 5.97 Å². The lowest BCUT2D eigenvalue weighted by Crippen LogP contribution is -2.40. The first-order valence-electron chi connectivity index (χ1n) is 4.59. The Balaban J connectivity index is 2.45. The van der Waals surface area contributed by atoms with Crippen LogP contribution in [0, 0.1) is 11.8 Å². The van der Waals surface area contributed by atoms with Gasteiger partial charge in [-0.3, -0.25) is 4.79 Å². The van der Waals surface area contributed by atoms with Crippen LogP contribution in [-0.4, -0.2) is 17.1 Å². The van der Waals surface area contributed by atoms with Crippen LogP contribution in [0.2, 0.25) is 0 Å². The Kier molecular flexibility index (Phi) is 3.09. The fraction of sp³-hybridized carbons (Fsp3) is 0.889. The summed E-state index contributed by atoms with van der Waals surface area (Å²) in [4.78, 5) is 10.6. The van der Waals surface area contributed by atoms with Gasteiger partial charge in [0.1, 0.15) is 6.04 Å². The minimum absolute atomic E-state index is 0.200. The summed E-state index contributed by atoms with van der Waals surface area (Å²) in [7, 11) is 0. The molecule has 1 aliphatic rings. The number of aliphatic carboxylic acids is 1. The number of rotatable bonds is 2. The van der Waals surface area contributed by atoms with Crippen molar-refractivity contribution >= 4 is 5.97 Å². The smallest absolute Gasteiger partial charge is 0.320 e. The van der Waals surface area contributed by atoms with Gasteiger partial charge in [0.25, 0.3) is 0 Å². The predicted molar refractivity (Wildman–Crippen MR) is 46.7 cm³/mol. The van der Waals surface area contributed by atoms with Gasteiger partial charge in [0.2, 0.25) is 0 Å². The Morgan fingerprint density at radius 3 is 2.75 bits per heavy atom. The van der Waals surface area contributed by atoms with E-state index >= 15 is 0 Å². The number of carboxylic acids is 1. The van der Waals surface area contributed by atoms with Crippen molar-refractivity contribution in [3.8, 4) is 0 Å². The zero-order chi connectivity index (χ0) is 9.14. The molecule has 0 aromatic heterocycles. The van der Waals surface area contributed by atoms with Gasteiger partial charge in [-0.25, -0.2) is 0 Å². The first kappa shape index (κ1) is 9.52. The molecule has 1 rings (SSSR count). The Labute approximate surface area is 72.9 Å². The third kappa shape index (κ3) is 2.21. The van der Waals surface area contributed by atoms with Crippen LogP contribution in [0.4, 0.5) is 0 Å². The molecule has 3 nitrogen and oxygen atoms in total. The van der Waals surface area contributed by atoms with Crippen molar-refractivity contribution in [1.82, 2.24) is 0 Å². The van der Waals surface area contributed by atoms with Crippen molar-refractivity contribution in [2.45, 2.75) is 38.6 Å². The minimum Gasteiger partial charge on any atom is -0.480 e. The van der Waals surface area contributed by atoms with Crippen molar-refractivity contribution < 1.29 is 9.90 Å². The van der Waals surface area contributed by atoms with Gasteiger partial charge in [0.15, 0.2) is 0 Å². The highest BCUT2D eigenvalue weighted by Gasteiger charge is 2.28. The molecule has 1 saturated carbocycles. The number of carboxylic acid groups (broad SMARTS) is 1. The van der Waals surface area contributed by atoms with Gasteiger partial charge in [-0.05, 0) is 24.7 Å². The highest BCUT2D eigenvalue weighted by molar-refractivity contribution is 5.73. The van der Waals surface area contributed by atoms with E-state index in [2.05, 4.69) is 6.92 Å². The predicted octanol–water partition coefficient (Wildman–Crippen LogP) is 1.22. The molecule has 0 saturated heterocycles. The van der Waals surface area contributed by atoms with Crippen molar-refractivity contribution in [1.29, 1.82) is 0 Å². The van der Waals surface area contributed by atoms with Crippen LogP contribution in [0.25, 0.3) is 0 Å². The molecule has 0 heterocycles. The second-order valence-electron chi connectivity index (χ2n) is 3.90. The van der Waals surface area contributed by atoms with Crippen LogP contribution >= 0.6 is 0 Å². The summed E-state index contributed by atoms with van der Waals surface area (Å²) >= 11 is 0. The van der Waals surface area contributed by atoms with Gasteiger partial charge in [0.05, 0.1) is 0 Å². The van der Waals surface area contributed by atoms with E-state index in [9.17, 15) is 4.79 Å². The average Bonchev–Trinajstić information content (AvgIpc) is 2.03. The molecule has 0 amide bonds. The Bertz CT molecular complexity index is 170. The second-order valence-corrected chi connectivity index (χ2v) is 3.90. The molecule has 3 N–H and O–H groups in total. The molecular weight excluding hydrogens is 154 g/mol. The van der Waals surface area contributed by atoms with Crippen LogP contribution in [0.15, 0.2) is 0 Å². The average molecular weight is 171 g/mol. The third-order valence-corrected chi connectivity index (χ3v) is 2.77. The molecule has 3 heteroatoms. The lowest BCUT2D eigenvalue weighted by atomic mass is 9.79. The largest absolute Gasteiger partial charge is 0.480 e. The van der Waals surface area contributed by atoms with E-state index in [1.807, 2.05) is 0 Å². The first-order chi connectivity index (χ1) is 5.61. The lowest BCUT2D eigenvalue weighted by molar-refractivity contribution is -0.140. The molecule has 1 fully saturated rings. The quantitative estimate of drug-likeness (QED) is 0.656. The van der Waals surface area contributed by atoms with Crippen molar-refractivity contribution in [2.75, 3.05) is 0 Å². The topological polar surface area (TPSA) is 63.3 Å². The second kappa shape index (κ2) is 3.90. The summed E-state index contributed by atoms with van der Waals surface area (Å²) < 4.78 is 0. The molecular formula is C9H17NO2. The van der Waals surface area contributed by atoms with E-state index in [4.69, 9.17) is 10.8 Å². The van der Waals surface area contributed by atoms with Crippen molar-refractivity contribution in [3.05, 3.63) is 0 Å². The summed E-state index contributed by atoms with van der Waals surface area (Å²) in [6.07, 6.45) is 4.32. The molecule has 0 aromatic rings. The van der Waals surface area contributed by atoms with Crippen LogP contribution in [-0.2, 0) is 4.79 Å². The normalized spacial score (nSPS) is 32.8. The van der Waals surface area contributed by atoms with Crippen molar-refractivity contribution in [2.24, 2.45) is 17.6 Å². The Hall–Kier alpha value is -0.570. The van der Waals surface area contributed by atoms with E-state index < -0.39 is 12.0 Å². The Morgan fingerprint density at radius 1 is 1.58 bits per heavy atom. The molecule has 0 bridgehead atoms. The number of nitrogens with two attached hydrogens (primary N) is 1. The van der Waals surface area contributed by atoms with Crippen LogP contribution in [0.3, 0.4) is 0 Å². The SMILES string of the molecule is C[C@@H]1CCC[C@@H]([C@@H](N)C(=O)O)C1. The molecule has 0 unspecified atom stereocenters. The standard InChI is InChI=1S/C9H17NO2/c1-6-3-2-4-7(5-6)8(10)9(11)12/h6-8H,2-5,10H2,1H3,(H,11,12)/t6-,7-,8-/m1/s1. The fourth-order valence-electron chi connectivity index (χ4n) is 2.01. The zero-order valence-corrected chi connectivity index (χ0v) is 7.49. The molecule has 3 atom stereocenters. The van der Waals surface area contributed by atoms with E-state index in [1.54, 1.807) is 0 Å². The maximum Gasteiger partial charge on any atom is 0.320 e. The molecule has 0 aromatic carbocycles. The number of hydrogen-bond acceptors (Lipinski definition) is 2. The lowest BCUT2D eigenvalue weighted by Gasteiger charge is -2.28. The fourth-order valence-corrected chi connectivity index (χ4v) is 2.01. The molecule has 0 aliphatic heterocycles. The summed E-state index contributed by atoms with van der Waals surface area (Å²) in [6.45, 7) is 2.17. The van der Waals surface area contributed by atoms with Gasteiger partial charge in [0, 0.05) is 0 Å². The van der Waals surface area contributed by atoms with E-state index in [-0.39, 0.29) is 5.92 Å². The van der Waals surface area contributed by atoms with Crippen LogP contribution in [0.1, 0.15) is 32.6 Å². The Morgan fingerprint density at radius 2 is 2.25 bits per heavy atom. The van der Waals surface area contributed by atoms with Crippen LogP contribution < -0.4 is 5.73 Å². The number of carbonyl (C=O) groups is 1. The minimum atomic E-state index is -0.853. The molecule has 1 aliphatic carbocycles. The summed E-state index contributed by atoms with van der Waals surface area (Å²) in [5.74, 6) is -0.00509. The highest BCUT2D eigenvalue weighted by Crippen LogP contribution is 2.30. The summed E-state index contributed by atoms with van der Waals surface area (Å²) in [5, 5.41) is 8.70. The summed E-state index contributed by atoms with van der Waals surface area (Å²) in [5.41, 5.74) is 5.55. The summed E-state index contributed by atoms with van der Waals surface area (Å²) in [6, 6.07) is -0.646. The van der Waals surface area contributed by atoms with E-state index in [0.29, 0.717) is 5.92 Å². The maximum atomic E-state index is 10.6. The van der Waals surface area contributed by atoms with Gasteiger partial charge in [-0.2, -0.15) is 0 Å². The molecule has 0 spiro atoms. The van der Waals surface area contributed by atoms with Gasteiger partial charge in [-0.15, -0.1) is 0 Å². The molecule has 0 radical (unpaired) electrons. The number of hydrogen-bond donors (Lipinski definition) is 2. The maximum absolute atomic E-state index is 10.6.